The van der Waals surface area contributed by atoms with Gasteiger partial charge in [0.25, 0.3) is 0 Å². The molecule has 1 aromatic heterocycles. The van der Waals surface area contributed by atoms with Crippen molar-refractivity contribution in [2.75, 3.05) is 11.9 Å². The fourth-order valence-corrected chi connectivity index (χ4v) is 3.34. The van der Waals surface area contributed by atoms with E-state index in [0.29, 0.717) is 0 Å². The molecule has 0 spiro atoms. The minimum Gasteiger partial charge on any atom is -0.314 e. The Morgan fingerprint density at radius 3 is 2.71 bits per heavy atom. The van der Waals surface area contributed by atoms with Crippen LogP contribution < -0.4 is 4.90 Å². The SMILES string of the molecule is CN1C(=O)[C@@](C)(c2ccsc2)c2ccccc21. The van der Waals surface area contributed by atoms with E-state index in [9.17, 15) is 4.79 Å². The van der Waals surface area contributed by atoms with Crippen molar-refractivity contribution in [3.8, 4) is 0 Å². The van der Waals surface area contributed by atoms with Crippen molar-refractivity contribution < 1.29 is 4.79 Å². The molecule has 2 aromatic rings. The summed E-state index contributed by atoms with van der Waals surface area (Å²) in [4.78, 5) is 14.3. The summed E-state index contributed by atoms with van der Waals surface area (Å²) in [7, 11) is 1.85. The minimum absolute atomic E-state index is 0.150. The number of carbonyl (C=O) groups is 1. The second-order valence-electron chi connectivity index (χ2n) is 4.52. The number of nitrogens with zero attached hydrogens (tertiary/aromatic N) is 1. The van der Waals surface area contributed by atoms with Crippen LogP contribution in [-0.4, -0.2) is 13.0 Å². The van der Waals surface area contributed by atoms with E-state index >= 15 is 0 Å². The number of anilines is 1. The Morgan fingerprint density at radius 2 is 2.00 bits per heavy atom. The summed E-state index contributed by atoms with van der Waals surface area (Å²) >= 11 is 1.63. The lowest BCUT2D eigenvalue weighted by atomic mass is 9.79. The Balaban J connectivity index is 2.28. The van der Waals surface area contributed by atoms with Crippen molar-refractivity contribution in [3.05, 3.63) is 52.2 Å². The smallest absolute Gasteiger partial charge is 0.241 e. The molecule has 2 heterocycles. The maximum absolute atomic E-state index is 12.5. The van der Waals surface area contributed by atoms with Crippen LogP contribution in [0.25, 0.3) is 0 Å². The first-order valence-electron chi connectivity index (χ1n) is 5.56. The van der Waals surface area contributed by atoms with Crippen LogP contribution in [-0.2, 0) is 10.2 Å². The van der Waals surface area contributed by atoms with Crippen LogP contribution in [0, 0.1) is 0 Å². The molecule has 17 heavy (non-hydrogen) atoms. The fraction of sp³-hybridized carbons (Fsp3) is 0.214. The number of rotatable bonds is 1. The zero-order valence-electron chi connectivity index (χ0n) is 9.81. The third-order valence-electron chi connectivity index (χ3n) is 3.63. The molecule has 2 nitrogen and oxygen atoms in total. The number of thiophene rings is 1. The Kier molecular flexibility index (Phi) is 2.13. The number of likely N-dealkylation sites (N-methyl/N-ethyl adjacent to an activating group) is 1. The fourth-order valence-electron chi connectivity index (χ4n) is 2.58. The van der Waals surface area contributed by atoms with Crippen molar-refractivity contribution in [2.45, 2.75) is 12.3 Å². The lowest BCUT2D eigenvalue weighted by Gasteiger charge is -2.22. The third kappa shape index (κ3) is 1.23. The second kappa shape index (κ2) is 3.44. The Hall–Kier alpha value is -1.61. The number of carbonyl (C=O) groups excluding carboxylic acids is 1. The van der Waals surface area contributed by atoms with Gasteiger partial charge in [0.15, 0.2) is 0 Å². The van der Waals surface area contributed by atoms with Crippen LogP contribution in [0.15, 0.2) is 41.1 Å². The topological polar surface area (TPSA) is 20.3 Å². The molecule has 0 saturated carbocycles. The van der Waals surface area contributed by atoms with Crippen molar-refractivity contribution >= 4 is 22.9 Å². The van der Waals surface area contributed by atoms with E-state index in [4.69, 9.17) is 0 Å². The maximum Gasteiger partial charge on any atom is 0.241 e. The van der Waals surface area contributed by atoms with E-state index in [0.717, 1.165) is 16.8 Å². The average molecular weight is 243 g/mol. The highest BCUT2D eigenvalue weighted by Gasteiger charge is 2.47. The van der Waals surface area contributed by atoms with Gasteiger partial charge in [-0.05, 0) is 40.9 Å². The lowest BCUT2D eigenvalue weighted by molar-refractivity contribution is -0.121. The van der Waals surface area contributed by atoms with Crippen molar-refractivity contribution in [1.82, 2.24) is 0 Å². The molecule has 3 rings (SSSR count). The van der Waals surface area contributed by atoms with E-state index in [1.165, 1.54) is 0 Å². The molecular formula is C14H13NOS. The van der Waals surface area contributed by atoms with E-state index in [1.54, 1.807) is 16.2 Å². The van der Waals surface area contributed by atoms with Crippen LogP contribution in [0.2, 0.25) is 0 Å². The number of amides is 1. The molecule has 0 radical (unpaired) electrons. The molecular weight excluding hydrogens is 230 g/mol. The van der Waals surface area contributed by atoms with Gasteiger partial charge in [0.1, 0.15) is 0 Å². The van der Waals surface area contributed by atoms with Crippen molar-refractivity contribution in [3.63, 3.8) is 0 Å². The number of hydrogen-bond donors (Lipinski definition) is 0. The van der Waals surface area contributed by atoms with Crippen molar-refractivity contribution in [1.29, 1.82) is 0 Å². The monoisotopic (exact) mass is 243 g/mol. The van der Waals surface area contributed by atoms with Crippen molar-refractivity contribution in [2.24, 2.45) is 0 Å². The summed E-state index contributed by atoms with van der Waals surface area (Å²) in [6.45, 7) is 2.01. The molecule has 1 amide bonds. The number of para-hydroxylation sites is 1. The second-order valence-corrected chi connectivity index (χ2v) is 5.30. The molecule has 0 unspecified atom stereocenters. The normalized spacial score (nSPS) is 22.9. The van der Waals surface area contributed by atoms with E-state index in [2.05, 4.69) is 11.4 Å². The summed E-state index contributed by atoms with van der Waals surface area (Å²) in [5.74, 6) is 0.150. The molecule has 1 aromatic carbocycles. The highest BCUT2D eigenvalue weighted by Crippen LogP contribution is 2.45. The number of hydrogen-bond acceptors (Lipinski definition) is 2. The quantitative estimate of drug-likeness (QED) is 0.754. The maximum atomic E-state index is 12.5. The predicted molar refractivity (Wildman–Crippen MR) is 70.6 cm³/mol. The van der Waals surface area contributed by atoms with Crippen LogP contribution in [0.4, 0.5) is 5.69 Å². The van der Waals surface area contributed by atoms with Crippen LogP contribution in [0.3, 0.4) is 0 Å². The van der Waals surface area contributed by atoms with E-state index in [1.807, 2.05) is 43.6 Å². The Labute approximate surface area is 105 Å². The molecule has 86 valence electrons. The third-order valence-corrected chi connectivity index (χ3v) is 4.32. The summed E-state index contributed by atoms with van der Waals surface area (Å²) in [5, 5.41) is 4.09. The van der Waals surface area contributed by atoms with Gasteiger partial charge in [-0.1, -0.05) is 18.2 Å². The predicted octanol–water partition coefficient (Wildman–Crippen LogP) is 3.03. The van der Waals surface area contributed by atoms with Gasteiger partial charge >= 0.3 is 0 Å². The first kappa shape index (κ1) is 10.5. The number of fused-ring (bicyclic) bond motifs is 1. The van der Waals surface area contributed by atoms with Gasteiger partial charge in [0, 0.05) is 12.7 Å². The van der Waals surface area contributed by atoms with Crippen LogP contribution >= 0.6 is 11.3 Å². The summed E-state index contributed by atoms with van der Waals surface area (Å²) in [5.41, 5.74) is 2.69. The van der Waals surface area contributed by atoms with Crippen LogP contribution in [0.5, 0.6) is 0 Å². The molecule has 1 aliphatic rings. The van der Waals surface area contributed by atoms with Crippen LogP contribution in [0.1, 0.15) is 18.1 Å². The molecule has 3 heteroatoms. The summed E-state index contributed by atoms with van der Waals surface area (Å²) in [6.07, 6.45) is 0. The highest BCUT2D eigenvalue weighted by atomic mass is 32.1. The van der Waals surface area contributed by atoms with E-state index < -0.39 is 5.41 Å². The van der Waals surface area contributed by atoms with Gasteiger partial charge in [-0.2, -0.15) is 11.3 Å². The Morgan fingerprint density at radius 1 is 1.24 bits per heavy atom. The molecule has 1 aliphatic heterocycles. The first-order valence-corrected chi connectivity index (χ1v) is 6.50. The highest BCUT2D eigenvalue weighted by molar-refractivity contribution is 7.08. The molecule has 0 aliphatic carbocycles. The van der Waals surface area contributed by atoms with Gasteiger partial charge in [0.05, 0.1) is 5.41 Å². The first-order chi connectivity index (χ1) is 8.15. The molecule has 1 atom stereocenters. The Bertz CT molecular complexity index is 576. The summed E-state index contributed by atoms with van der Waals surface area (Å²) < 4.78 is 0. The molecule has 0 N–H and O–H groups in total. The molecule has 0 bridgehead atoms. The van der Waals surface area contributed by atoms with Gasteiger partial charge < -0.3 is 4.90 Å². The van der Waals surface area contributed by atoms with Gasteiger partial charge in [-0.25, -0.2) is 0 Å². The lowest BCUT2D eigenvalue weighted by Crippen LogP contribution is -2.36. The molecule has 0 saturated heterocycles. The number of benzene rings is 1. The zero-order valence-corrected chi connectivity index (χ0v) is 10.6. The van der Waals surface area contributed by atoms with E-state index in [-0.39, 0.29) is 5.91 Å². The van der Waals surface area contributed by atoms with Gasteiger partial charge in [0.2, 0.25) is 5.91 Å². The summed E-state index contributed by atoms with van der Waals surface area (Å²) in [6, 6.07) is 10.1. The van der Waals surface area contributed by atoms with Gasteiger partial charge in [-0.15, -0.1) is 0 Å². The average Bonchev–Trinajstić information content (AvgIpc) is 2.95. The standard InChI is InChI=1S/C14H13NOS/c1-14(10-7-8-17-9-10)11-5-3-4-6-12(11)15(2)13(14)16/h3-9H,1-2H3/t14-/m0/s1. The largest absolute Gasteiger partial charge is 0.314 e. The van der Waals surface area contributed by atoms with Gasteiger partial charge in [-0.3, -0.25) is 4.79 Å². The zero-order chi connectivity index (χ0) is 12.0. The molecule has 0 fully saturated rings. The minimum atomic E-state index is -0.522.